The van der Waals surface area contributed by atoms with E-state index in [9.17, 15) is 0 Å². The fraction of sp³-hybridized carbons (Fsp3) is 0.0943. The van der Waals surface area contributed by atoms with Crippen LogP contribution < -0.4 is 10.4 Å². The summed E-state index contributed by atoms with van der Waals surface area (Å²) < 4.78 is 0. The molecule has 0 amide bonds. The van der Waals surface area contributed by atoms with Crippen molar-refractivity contribution in [3.05, 3.63) is 245 Å². The highest BCUT2D eigenvalue weighted by molar-refractivity contribution is 6.06. The van der Waals surface area contributed by atoms with Crippen LogP contribution in [0, 0.1) is 0 Å². The maximum atomic E-state index is 5.04. The predicted molar refractivity (Wildman–Crippen MR) is 240 cm³/mol. The first-order valence-corrected chi connectivity index (χ1v) is 18.9. The second kappa shape index (κ2) is 18.9. The standard InChI is InChI=1S/C53H48N2/c1-6-9-21-39(4)40(5)55-53(54-38-41-33-35-43(36-34-41)42(8-3)22-10-7-2)46-26-19-25-45(37-46)48-27-13-11-12-14-29-51(52-31-18-17-30-49(48)52)50-32-20-24-44-23-15-16-28-47(44)50/h6-26,28,30-38H,3,5,27,29H2,1-2,4H3/b9-6-,10-7-,13-11-,14-12-,39-21+,42-22+,49-48+,52-51+,54-38+,55-53-. The van der Waals surface area contributed by atoms with Crippen molar-refractivity contribution in [3.63, 3.8) is 0 Å². The second-order valence-corrected chi connectivity index (χ2v) is 13.4. The van der Waals surface area contributed by atoms with Gasteiger partial charge >= 0.3 is 0 Å². The normalized spacial score (nSPS) is 17.5. The number of fused-ring (bicyclic) bond motifs is 2. The lowest BCUT2D eigenvalue weighted by molar-refractivity contribution is 1.27. The molecular weight excluding hydrogens is 665 g/mol. The molecule has 1 aliphatic carbocycles. The Morgan fingerprint density at radius 2 is 1.33 bits per heavy atom. The summed E-state index contributed by atoms with van der Waals surface area (Å²) in [5.74, 6) is 0.596. The number of rotatable bonds is 10. The van der Waals surface area contributed by atoms with Crippen molar-refractivity contribution in [2.75, 3.05) is 0 Å². The van der Waals surface area contributed by atoms with Crippen molar-refractivity contribution in [1.29, 1.82) is 0 Å². The Hall–Kier alpha value is -6.64. The Bertz CT molecular complexity index is 2570. The third-order valence-electron chi connectivity index (χ3n) is 9.69. The smallest absolute Gasteiger partial charge is 0.159 e. The Morgan fingerprint density at radius 1 is 0.673 bits per heavy atom. The fourth-order valence-corrected chi connectivity index (χ4v) is 6.72. The summed E-state index contributed by atoms with van der Waals surface area (Å²) in [6, 6.07) is 41.1. The molecule has 0 fully saturated rings. The van der Waals surface area contributed by atoms with Crippen LogP contribution in [0.5, 0.6) is 0 Å². The van der Waals surface area contributed by atoms with Crippen LogP contribution in [0.4, 0.5) is 0 Å². The Morgan fingerprint density at radius 3 is 2.07 bits per heavy atom. The summed E-state index contributed by atoms with van der Waals surface area (Å²) in [5, 5.41) is 4.97. The van der Waals surface area contributed by atoms with Gasteiger partial charge in [0.1, 0.15) is 0 Å². The molecule has 0 spiro atoms. The summed E-state index contributed by atoms with van der Waals surface area (Å²) in [5.41, 5.74) is 10.6. The van der Waals surface area contributed by atoms with Crippen molar-refractivity contribution in [2.24, 2.45) is 9.98 Å². The molecule has 6 rings (SSSR count). The van der Waals surface area contributed by atoms with Gasteiger partial charge in [0.2, 0.25) is 0 Å². The third-order valence-corrected chi connectivity index (χ3v) is 9.69. The van der Waals surface area contributed by atoms with E-state index < -0.39 is 0 Å². The molecule has 5 aromatic carbocycles. The number of hydrogen-bond donors (Lipinski definition) is 0. The van der Waals surface area contributed by atoms with E-state index in [1.54, 1.807) is 0 Å². The van der Waals surface area contributed by atoms with Crippen molar-refractivity contribution in [2.45, 2.75) is 33.6 Å². The van der Waals surface area contributed by atoms with Gasteiger partial charge < -0.3 is 0 Å². The molecule has 1 aliphatic rings. The molecule has 5 aromatic rings. The van der Waals surface area contributed by atoms with Gasteiger partial charge in [0, 0.05) is 11.8 Å². The first-order valence-electron chi connectivity index (χ1n) is 18.9. The van der Waals surface area contributed by atoms with E-state index in [4.69, 9.17) is 9.98 Å². The van der Waals surface area contributed by atoms with Crippen LogP contribution in [-0.2, 0) is 0 Å². The van der Waals surface area contributed by atoms with Gasteiger partial charge in [-0.05, 0) is 105 Å². The van der Waals surface area contributed by atoms with Crippen molar-refractivity contribution < 1.29 is 0 Å². The number of aliphatic imine (C=N–C) groups is 2. The minimum Gasteiger partial charge on any atom is -0.236 e. The van der Waals surface area contributed by atoms with Crippen LogP contribution >= 0.6 is 0 Å². The lowest BCUT2D eigenvalue weighted by Crippen LogP contribution is -2.30. The molecule has 0 radical (unpaired) electrons. The average molecular weight is 713 g/mol. The Labute approximate surface area is 326 Å². The molecule has 0 aromatic heterocycles. The zero-order valence-electron chi connectivity index (χ0n) is 32.1. The maximum absolute atomic E-state index is 5.04. The van der Waals surface area contributed by atoms with E-state index in [-0.39, 0.29) is 0 Å². The molecule has 0 unspecified atom stereocenters. The van der Waals surface area contributed by atoms with Gasteiger partial charge in [-0.3, -0.25) is 0 Å². The van der Waals surface area contributed by atoms with Gasteiger partial charge in [-0.2, -0.15) is 0 Å². The van der Waals surface area contributed by atoms with E-state index in [0.29, 0.717) is 11.5 Å². The molecule has 0 saturated heterocycles. The summed E-state index contributed by atoms with van der Waals surface area (Å²) in [6.45, 7) is 14.4. The molecular formula is C53H48N2. The summed E-state index contributed by atoms with van der Waals surface area (Å²) >= 11 is 0. The monoisotopic (exact) mass is 712 g/mol. The molecule has 2 heteroatoms. The van der Waals surface area contributed by atoms with Crippen molar-refractivity contribution >= 4 is 39.5 Å². The topological polar surface area (TPSA) is 24.7 Å². The van der Waals surface area contributed by atoms with Crippen LogP contribution in [-0.4, -0.2) is 12.1 Å². The van der Waals surface area contributed by atoms with E-state index in [2.05, 4.69) is 159 Å². The van der Waals surface area contributed by atoms with Gasteiger partial charge in [0.25, 0.3) is 0 Å². The van der Waals surface area contributed by atoms with Gasteiger partial charge in [-0.1, -0.05) is 189 Å². The first-order chi connectivity index (χ1) is 27.0. The quantitative estimate of drug-likeness (QED) is 0.0782. The van der Waals surface area contributed by atoms with Gasteiger partial charge in [-0.15, -0.1) is 0 Å². The highest BCUT2D eigenvalue weighted by Crippen LogP contribution is 2.27. The first kappa shape index (κ1) is 38.1. The SMILES string of the molecule is C=C/C(=C\C=C/C)c1ccc(/C=N/C(=N\C(=C)/C(C)=C/C=C\C)c2cccc(/C3=c4\cccc\c4=C(/c4cccc5ccccc45)C/C=C\C=C/C3)c2)cc1. The molecule has 0 saturated carbocycles. The maximum Gasteiger partial charge on any atom is 0.159 e. The molecule has 55 heavy (non-hydrogen) atoms. The molecule has 0 N–H and O–H groups in total. The van der Waals surface area contributed by atoms with Crippen LogP contribution in [0.2, 0.25) is 0 Å². The largest absolute Gasteiger partial charge is 0.236 e. The molecule has 0 heterocycles. The van der Waals surface area contributed by atoms with Crippen LogP contribution in [0.3, 0.4) is 0 Å². The van der Waals surface area contributed by atoms with Crippen LogP contribution in [0.1, 0.15) is 61.4 Å². The van der Waals surface area contributed by atoms with E-state index in [0.717, 1.165) is 46.2 Å². The number of nitrogens with zero attached hydrogens (tertiary/aromatic N) is 2. The van der Waals surface area contributed by atoms with Crippen molar-refractivity contribution in [3.8, 4) is 0 Å². The van der Waals surface area contributed by atoms with E-state index in [1.807, 2.05) is 63.4 Å². The van der Waals surface area contributed by atoms with Crippen LogP contribution in [0.25, 0.3) is 27.5 Å². The zero-order valence-corrected chi connectivity index (χ0v) is 32.1. The fourth-order valence-electron chi connectivity index (χ4n) is 6.72. The number of allylic oxidation sites excluding steroid dienone is 13. The molecule has 270 valence electrons. The second-order valence-electron chi connectivity index (χ2n) is 13.4. The highest BCUT2D eigenvalue weighted by Gasteiger charge is 2.12. The van der Waals surface area contributed by atoms with Crippen molar-refractivity contribution in [1.82, 2.24) is 0 Å². The summed E-state index contributed by atoms with van der Waals surface area (Å²) in [7, 11) is 0. The Balaban J connectivity index is 1.51. The van der Waals surface area contributed by atoms with E-state index >= 15 is 0 Å². The number of benzene rings is 5. The zero-order chi connectivity index (χ0) is 38.4. The van der Waals surface area contributed by atoms with Gasteiger partial charge in [0.05, 0.1) is 5.70 Å². The lowest BCUT2D eigenvalue weighted by atomic mass is 9.90. The molecule has 0 aliphatic heterocycles. The molecule has 0 bridgehead atoms. The number of hydrogen-bond acceptors (Lipinski definition) is 1. The Kier molecular flexibility index (Phi) is 13.1. The average Bonchev–Trinajstić information content (AvgIpc) is 3.23. The lowest BCUT2D eigenvalue weighted by Gasteiger charge is -2.14. The van der Waals surface area contributed by atoms with Gasteiger partial charge in [0.15, 0.2) is 5.84 Å². The van der Waals surface area contributed by atoms with Gasteiger partial charge in [-0.25, -0.2) is 9.98 Å². The van der Waals surface area contributed by atoms with E-state index in [1.165, 1.54) is 37.9 Å². The minimum absolute atomic E-state index is 0.596. The number of amidine groups is 1. The molecule has 0 atom stereocenters. The predicted octanol–water partition coefficient (Wildman–Crippen LogP) is 12.2. The summed E-state index contributed by atoms with van der Waals surface area (Å²) in [4.78, 5) is 10.1. The van der Waals surface area contributed by atoms with Crippen LogP contribution in [0.15, 0.2) is 217 Å². The molecule has 2 nitrogen and oxygen atoms in total. The third kappa shape index (κ3) is 9.48. The minimum atomic E-state index is 0.596. The summed E-state index contributed by atoms with van der Waals surface area (Å²) in [6.07, 6.45) is 26.3. The highest BCUT2D eigenvalue weighted by atomic mass is 14.9.